The van der Waals surface area contributed by atoms with Crippen LogP contribution < -0.4 is 10.1 Å². The summed E-state index contributed by atoms with van der Waals surface area (Å²) in [6.45, 7) is 0.271. The Bertz CT molecular complexity index is 432. The normalized spacial score (nSPS) is 15.6. The summed E-state index contributed by atoms with van der Waals surface area (Å²) in [4.78, 5) is 0. The van der Waals surface area contributed by atoms with Gasteiger partial charge in [0.25, 0.3) is 0 Å². The predicted octanol–water partition coefficient (Wildman–Crippen LogP) is 4.03. The molecule has 106 valence electrons. The SMILES string of the molecule is FC(F)(F)CCOc1ccc(Br)cc1CNC1CC1. The molecule has 0 radical (unpaired) electrons. The maximum atomic E-state index is 12.1. The van der Waals surface area contributed by atoms with Crippen molar-refractivity contribution in [1.29, 1.82) is 0 Å². The fraction of sp³-hybridized carbons (Fsp3) is 0.538. The third-order valence-corrected chi connectivity index (χ3v) is 3.32. The van der Waals surface area contributed by atoms with E-state index in [4.69, 9.17) is 4.74 Å². The highest BCUT2D eigenvalue weighted by Crippen LogP contribution is 2.27. The van der Waals surface area contributed by atoms with E-state index in [0.29, 0.717) is 18.3 Å². The lowest BCUT2D eigenvalue weighted by Crippen LogP contribution is -2.17. The van der Waals surface area contributed by atoms with Crippen molar-refractivity contribution in [2.24, 2.45) is 0 Å². The van der Waals surface area contributed by atoms with E-state index in [9.17, 15) is 13.2 Å². The average Bonchev–Trinajstić information content (AvgIpc) is 3.11. The quantitative estimate of drug-likeness (QED) is 0.846. The van der Waals surface area contributed by atoms with Crippen LogP contribution >= 0.6 is 15.9 Å². The second-order valence-corrected chi connectivity index (χ2v) is 5.54. The number of rotatable bonds is 6. The van der Waals surface area contributed by atoms with E-state index >= 15 is 0 Å². The molecule has 0 aliphatic heterocycles. The first-order chi connectivity index (χ1) is 8.94. The van der Waals surface area contributed by atoms with Crippen LogP contribution in [0.4, 0.5) is 13.2 Å². The number of benzene rings is 1. The molecule has 0 bridgehead atoms. The number of hydrogen-bond acceptors (Lipinski definition) is 2. The summed E-state index contributed by atoms with van der Waals surface area (Å²) in [5.41, 5.74) is 0.878. The minimum atomic E-state index is -4.18. The molecule has 2 rings (SSSR count). The van der Waals surface area contributed by atoms with Gasteiger partial charge in [0, 0.05) is 22.6 Å². The molecular formula is C13H15BrF3NO. The summed E-state index contributed by atoms with van der Waals surface area (Å²) >= 11 is 3.36. The number of alkyl halides is 3. The summed E-state index contributed by atoms with van der Waals surface area (Å²) in [6, 6.07) is 5.88. The molecule has 1 N–H and O–H groups in total. The monoisotopic (exact) mass is 337 g/mol. The molecular weight excluding hydrogens is 323 g/mol. The molecule has 1 aliphatic carbocycles. The van der Waals surface area contributed by atoms with Gasteiger partial charge in [-0.1, -0.05) is 15.9 Å². The van der Waals surface area contributed by atoms with Crippen LogP contribution in [0.1, 0.15) is 24.8 Å². The predicted molar refractivity (Wildman–Crippen MR) is 70.2 cm³/mol. The molecule has 0 heterocycles. The fourth-order valence-electron chi connectivity index (χ4n) is 1.65. The van der Waals surface area contributed by atoms with Crippen molar-refractivity contribution < 1.29 is 17.9 Å². The van der Waals surface area contributed by atoms with Gasteiger partial charge in [-0.25, -0.2) is 0 Å². The molecule has 0 unspecified atom stereocenters. The van der Waals surface area contributed by atoms with Crippen molar-refractivity contribution in [3.05, 3.63) is 28.2 Å². The van der Waals surface area contributed by atoms with Crippen molar-refractivity contribution in [3.63, 3.8) is 0 Å². The number of ether oxygens (including phenoxy) is 1. The Labute approximate surface area is 118 Å². The first-order valence-electron chi connectivity index (χ1n) is 6.15. The molecule has 1 fully saturated rings. The van der Waals surface area contributed by atoms with E-state index in [1.54, 1.807) is 12.1 Å². The van der Waals surface area contributed by atoms with Crippen LogP contribution in [-0.2, 0) is 6.54 Å². The van der Waals surface area contributed by atoms with Gasteiger partial charge < -0.3 is 10.1 Å². The minimum Gasteiger partial charge on any atom is -0.493 e. The summed E-state index contributed by atoms with van der Waals surface area (Å²) in [5, 5.41) is 3.32. The Hall–Kier alpha value is -0.750. The van der Waals surface area contributed by atoms with Crippen LogP contribution in [-0.4, -0.2) is 18.8 Å². The van der Waals surface area contributed by atoms with E-state index in [1.165, 1.54) is 0 Å². The number of hydrogen-bond donors (Lipinski definition) is 1. The molecule has 1 aromatic carbocycles. The zero-order chi connectivity index (χ0) is 13.9. The maximum Gasteiger partial charge on any atom is 0.392 e. The van der Waals surface area contributed by atoms with Crippen LogP contribution in [0.25, 0.3) is 0 Å². The van der Waals surface area contributed by atoms with Gasteiger partial charge in [0.1, 0.15) is 5.75 Å². The molecule has 19 heavy (non-hydrogen) atoms. The standard InChI is InChI=1S/C13H15BrF3NO/c14-10-1-4-12(19-6-5-13(15,16)17)9(7-10)8-18-11-2-3-11/h1,4,7,11,18H,2-3,5-6,8H2. The van der Waals surface area contributed by atoms with Gasteiger partial charge >= 0.3 is 6.18 Å². The van der Waals surface area contributed by atoms with Gasteiger partial charge in [0.05, 0.1) is 13.0 Å². The summed E-state index contributed by atoms with van der Waals surface area (Å²) < 4.78 is 42.4. The first kappa shape index (κ1) is 14.7. The lowest BCUT2D eigenvalue weighted by atomic mass is 10.2. The van der Waals surface area contributed by atoms with E-state index in [-0.39, 0.29) is 6.61 Å². The molecule has 0 spiro atoms. The molecule has 1 aliphatic rings. The van der Waals surface area contributed by atoms with Gasteiger partial charge in [-0.3, -0.25) is 0 Å². The smallest absolute Gasteiger partial charge is 0.392 e. The molecule has 2 nitrogen and oxygen atoms in total. The van der Waals surface area contributed by atoms with Crippen molar-refractivity contribution in [2.45, 2.75) is 38.0 Å². The molecule has 1 aromatic rings. The maximum absolute atomic E-state index is 12.1. The summed E-state index contributed by atoms with van der Waals surface area (Å²) in [5.74, 6) is 0.514. The van der Waals surface area contributed by atoms with Crippen LogP contribution in [0.3, 0.4) is 0 Å². The lowest BCUT2D eigenvalue weighted by Gasteiger charge is -2.13. The number of nitrogens with one attached hydrogen (secondary N) is 1. The Balaban J connectivity index is 1.93. The molecule has 0 saturated heterocycles. The van der Waals surface area contributed by atoms with Crippen LogP contribution in [0.2, 0.25) is 0 Å². The van der Waals surface area contributed by atoms with Gasteiger partial charge in [-0.15, -0.1) is 0 Å². The topological polar surface area (TPSA) is 21.3 Å². The zero-order valence-corrected chi connectivity index (χ0v) is 11.9. The van der Waals surface area contributed by atoms with E-state index in [0.717, 1.165) is 22.9 Å². The first-order valence-corrected chi connectivity index (χ1v) is 6.95. The van der Waals surface area contributed by atoms with Crippen molar-refractivity contribution in [3.8, 4) is 5.75 Å². The Morgan fingerprint density at radius 2 is 2.05 bits per heavy atom. The minimum absolute atomic E-state index is 0.346. The van der Waals surface area contributed by atoms with Crippen molar-refractivity contribution in [1.82, 2.24) is 5.32 Å². The van der Waals surface area contributed by atoms with E-state index in [2.05, 4.69) is 21.2 Å². The highest BCUT2D eigenvalue weighted by atomic mass is 79.9. The third kappa shape index (κ3) is 5.40. The third-order valence-electron chi connectivity index (χ3n) is 2.82. The average molecular weight is 338 g/mol. The van der Waals surface area contributed by atoms with E-state index in [1.807, 2.05) is 6.07 Å². The molecule has 1 saturated carbocycles. The zero-order valence-electron chi connectivity index (χ0n) is 10.3. The highest BCUT2D eigenvalue weighted by Gasteiger charge is 2.27. The van der Waals surface area contributed by atoms with Gasteiger partial charge in [-0.05, 0) is 31.0 Å². The Morgan fingerprint density at radius 1 is 1.32 bits per heavy atom. The van der Waals surface area contributed by atoms with Crippen molar-refractivity contribution in [2.75, 3.05) is 6.61 Å². The number of halogens is 4. The second kappa shape index (κ2) is 6.13. The fourth-order valence-corrected chi connectivity index (χ4v) is 2.05. The van der Waals surface area contributed by atoms with Gasteiger partial charge in [-0.2, -0.15) is 13.2 Å². The van der Waals surface area contributed by atoms with Crippen LogP contribution in [0.5, 0.6) is 5.75 Å². The Kier molecular flexibility index (Phi) is 4.73. The summed E-state index contributed by atoms with van der Waals surface area (Å²) in [7, 11) is 0. The highest BCUT2D eigenvalue weighted by molar-refractivity contribution is 9.10. The molecule has 0 aromatic heterocycles. The van der Waals surface area contributed by atoms with Gasteiger partial charge in [0.2, 0.25) is 0 Å². The summed E-state index contributed by atoms with van der Waals surface area (Å²) in [6.07, 6.45) is -2.78. The van der Waals surface area contributed by atoms with Crippen molar-refractivity contribution >= 4 is 15.9 Å². The van der Waals surface area contributed by atoms with E-state index < -0.39 is 12.6 Å². The van der Waals surface area contributed by atoms with Crippen LogP contribution in [0.15, 0.2) is 22.7 Å². The largest absolute Gasteiger partial charge is 0.493 e. The molecule has 6 heteroatoms. The Morgan fingerprint density at radius 3 is 2.68 bits per heavy atom. The molecule has 0 amide bonds. The van der Waals surface area contributed by atoms with Crippen LogP contribution in [0, 0.1) is 0 Å². The second-order valence-electron chi connectivity index (χ2n) is 4.62. The molecule has 0 atom stereocenters. The lowest BCUT2D eigenvalue weighted by molar-refractivity contribution is -0.139. The van der Waals surface area contributed by atoms with Gasteiger partial charge in [0.15, 0.2) is 0 Å².